The zero-order valence-electron chi connectivity index (χ0n) is 9.86. The van der Waals surface area contributed by atoms with Gasteiger partial charge in [0.15, 0.2) is 0 Å². The zero-order chi connectivity index (χ0) is 12.9. The van der Waals surface area contributed by atoms with Crippen LogP contribution in [0.1, 0.15) is 12.5 Å². The van der Waals surface area contributed by atoms with Gasteiger partial charge in [-0.25, -0.2) is 13.1 Å². The van der Waals surface area contributed by atoms with E-state index in [1.807, 2.05) is 13.0 Å². The second-order valence-corrected chi connectivity index (χ2v) is 6.16. The van der Waals surface area contributed by atoms with Gasteiger partial charge in [-0.15, -0.1) is 0 Å². The summed E-state index contributed by atoms with van der Waals surface area (Å²) in [6.07, 6.45) is 0. The molecule has 0 spiro atoms. The van der Waals surface area contributed by atoms with Crippen molar-refractivity contribution < 1.29 is 13.2 Å². The summed E-state index contributed by atoms with van der Waals surface area (Å²) < 4.78 is 32.3. The highest BCUT2D eigenvalue weighted by Gasteiger charge is 2.16. The number of halogens is 1. The van der Waals surface area contributed by atoms with E-state index in [1.54, 1.807) is 19.1 Å². The molecule has 0 saturated carbocycles. The molecule has 0 aliphatic carbocycles. The standard InChI is InChI=1S/C11H16BrNO3S/c1-3-16-7-6-13-17(14,15)11-8-10(12)5-4-9(11)2/h4-5,8,13H,3,6-7H2,1-2H3. The molecule has 1 rings (SSSR count). The monoisotopic (exact) mass is 321 g/mol. The van der Waals surface area contributed by atoms with Gasteiger partial charge in [0.1, 0.15) is 0 Å². The minimum Gasteiger partial charge on any atom is -0.380 e. The molecule has 1 aromatic rings. The van der Waals surface area contributed by atoms with Gasteiger partial charge in [-0.3, -0.25) is 0 Å². The molecule has 0 aromatic heterocycles. The Hall–Kier alpha value is -0.430. The number of nitrogens with one attached hydrogen (secondary N) is 1. The molecule has 17 heavy (non-hydrogen) atoms. The van der Waals surface area contributed by atoms with Crippen molar-refractivity contribution in [2.75, 3.05) is 19.8 Å². The van der Waals surface area contributed by atoms with Crippen LogP contribution in [0.25, 0.3) is 0 Å². The van der Waals surface area contributed by atoms with Crippen LogP contribution in [0.15, 0.2) is 27.6 Å². The van der Waals surface area contributed by atoms with Gasteiger partial charge in [-0.2, -0.15) is 0 Å². The number of aryl methyl sites for hydroxylation is 1. The summed E-state index contributed by atoms with van der Waals surface area (Å²) in [5.41, 5.74) is 0.720. The quantitative estimate of drug-likeness (QED) is 0.816. The Balaban J connectivity index is 2.79. The fourth-order valence-electron chi connectivity index (χ4n) is 1.33. The maximum atomic E-state index is 12.0. The van der Waals surface area contributed by atoms with Crippen molar-refractivity contribution >= 4 is 26.0 Å². The number of hydrogen-bond donors (Lipinski definition) is 1. The van der Waals surface area contributed by atoms with Gasteiger partial charge in [0.2, 0.25) is 10.0 Å². The van der Waals surface area contributed by atoms with Crippen LogP contribution in [-0.4, -0.2) is 28.2 Å². The van der Waals surface area contributed by atoms with Gasteiger partial charge >= 0.3 is 0 Å². The highest BCUT2D eigenvalue weighted by Crippen LogP contribution is 2.20. The normalized spacial score (nSPS) is 11.7. The summed E-state index contributed by atoms with van der Waals surface area (Å²) in [5, 5.41) is 0. The van der Waals surface area contributed by atoms with Crippen LogP contribution >= 0.6 is 15.9 Å². The third-order valence-corrected chi connectivity index (χ3v) is 4.28. The molecule has 0 fully saturated rings. The van der Waals surface area contributed by atoms with Crippen molar-refractivity contribution in [3.05, 3.63) is 28.2 Å². The molecule has 0 amide bonds. The second kappa shape index (κ2) is 6.49. The van der Waals surface area contributed by atoms with Gasteiger partial charge in [-0.1, -0.05) is 22.0 Å². The Morgan fingerprint density at radius 3 is 2.76 bits per heavy atom. The lowest BCUT2D eigenvalue weighted by Gasteiger charge is -2.09. The van der Waals surface area contributed by atoms with Crippen LogP contribution < -0.4 is 4.72 Å². The molecule has 4 nitrogen and oxygen atoms in total. The summed E-state index contributed by atoms with van der Waals surface area (Å²) in [5.74, 6) is 0. The van der Waals surface area contributed by atoms with Crippen molar-refractivity contribution in [2.45, 2.75) is 18.7 Å². The van der Waals surface area contributed by atoms with Crippen molar-refractivity contribution in [3.8, 4) is 0 Å². The molecule has 0 bridgehead atoms. The lowest BCUT2D eigenvalue weighted by atomic mass is 10.2. The largest absolute Gasteiger partial charge is 0.380 e. The zero-order valence-corrected chi connectivity index (χ0v) is 12.3. The lowest BCUT2D eigenvalue weighted by molar-refractivity contribution is 0.153. The fraction of sp³-hybridized carbons (Fsp3) is 0.455. The summed E-state index contributed by atoms with van der Waals surface area (Å²) in [6.45, 7) is 4.87. The number of rotatable bonds is 6. The fourth-order valence-corrected chi connectivity index (χ4v) is 3.13. The third kappa shape index (κ3) is 4.39. The highest BCUT2D eigenvalue weighted by molar-refractivity contribution is 9.10. The molecule has 0 unspecified atom stereocenters. The van der Waals surface area contributed by atoms with E-state index in [0.717, 1.165) is 10.0 Å². The molecule has 96 valence electrons. The molecule has 1 aromatic carbocycles. The summed E-state index contributed by atoms with van der Waals surface area (Å²) >= 11 is 3.26. The molecule has 0 radical (unpaired) electrons. The average molecular weight is 322 g/mol. The van der Waals surface area contributed by atoms with Crippen LogP contribution in [0.3, 0.4) is 0 Å². The van der Waals surface area contributed by atoms with Gasteiger partial charge in [0.05, 0.1) is 11.5 Å². The maximum absolute atomic E-state index is 12.0. The smallest absolute Gasteiger partial charge is 0.240 e. The van der Waals surface area contributed by atoms with Crippen LogP contribution in [-0.2, 0) is 14.8 Å². The summed E-state index contributed by atoms with van der Waals surface area (Å²) in [6, 6.07) is 5.17. The predicted octanol–water partition coefficient (Wildman–Crippen LogP) is 2.07. The van der Waals surface area contributed by atoms with Crippen LogP contribution in [0, 0.1) is 6.92 Å². The summed E-state index contributed by atoms with van der Waals surface area (Å²) in [7, 11) is -3.45. The first-order chi connectivity index (χ1) is 7.97. The molecule has 0 aliphatic heterocycles. The first kappa shape index (κ1) is 14.6. The Bertz CT molecular complexity index is 474. The number of ether oxygens (including phenoxy) is 1. The number of sulfonamides is 1. The van der Waals surface area contributed by atoms with Crippen LogP contribution in [0.2, 0.25) is 0 Å². The van der Waals surface area contributed by atoms with Crippen molar-refractivity contribution in [1.29, 1.82) is 0 Å². The van der Waals surface area contributed by atoms with E-state index in [-0.39, 0.29) is 6.54 Å². The Morgan fingerprint density at radius 1 is 1.41 bits per heavy atom. The van der Waals surface area contributed by atoms with E-state index >= 15 is 0 Å². The Labute approximate surface area is 111 Å². The average Bonchev–Trinajstić information content (AvgIpc) is 2.28. The molecule has 0 aliphatic rings. The van der Waals surface area contributed by atoms with Crippen molar-refractivity contribution in [1.82, 2.24) is 4.72 Å². The molecule has 0 heterocycles. The predicted molar refractivity (Wildman–Crippen MR) is 70.6 cm³/mol. The Kier molecular flexibility index (Phi) is 5.58. The van der Waals surface area contributed by atoms with E-state index in [0.29, 0.717) is 18.1 Å². The number of benzene rings is 1. The summed E-state index contributed by atoms with van der Waals surface area (Å²) in [4.78, 5) is 0.295. The second-order valence-electron chi connectivity index (χ2n) is 3.50. The van der Waals surface area contributed by atoms with Gasteiger partial charge in [0.25, 0.3) is 0 Å². The Morgan fingerprint density at radius 2 is 2.12 bits per heavy atom. The van der Waals surface area contributed by atoms with Crippen molar-refractivity contribution in [2.24, 2.45) is 0 Å². The third-order valence-electron chi connectivity index (χ3n) is 2.18. The molecular weight excluding hydrogens is 306 g/mol. The molecule has 6 heteroatoms. The molecular formula is C11H16BrNO3S. The van der Waals surface area contributed by atoms with Gasteiger partial charge in [-0.05, 0) is 31.5 Å². The van der Waals surface area contributed by atoms with E-state index in [2.05, 4.69) is 20.7 Å². The maximum Gasteiger partial charge on any atom is 0.240 e. The van der Waals surface area contributed by atoms with Gasteiger partial charge in [0, 0.05) is 17.6 Å². The van der Waals surface area contributed by atoms with Crippen molar-refractivity contribution in [3.63, 3.8) is 0 Å². The van der Waals surface area contributed by atoms with Crippen LogP contribution in [0.4, 0.5) is 0 Å². The first-order valence-electron chi connectivity index (χ1n) is 5.31. The molecule has 0 saturated heterocycles. The van der Waals surface area contributed by atoms with Gasteiger partial charge < -0.3 is 4.74 Å². The lowest BCUT2D eigenvalue weighted by Crippen LogP contribution is -2.28. The van der Waals surface area contributed by atoms with E-state index < -0.39 is 10.0 Å². The number of hydrogen-bond acceptors (Lipinski definition) is 3. The molecule has 1 N–H and O–H groups in total. The first-order valence-corrected chi connectivity index (χ1v) is 7.58. The molecule has 0 atom stereocenters. The topological polar surface area (TPSA) is 55.4 Å². The van der Waals surface area contributed by atoms with E-state index in [9.17, 15) is 8.42 Å². The minimum atomic E-state index is -3.45. The SMILES string of the molecule is CCOCCNS(=O)(=O)c1cc(Br)ccc1C. The highest BCUT2D eigenvalue weighted by atomic mass is 79.9. The van der Waals surface area contributed by atoms with Crippen LogP contribution in [0.5, 0.6) is 0 Å². The minimum absolute atomic E-state index is 0.280. The van der Waals surface area contributed by atoms with E-state index in [1.165, 1.54) is 0 Å². The van der Waals surface area contributed by atoms with E-state index in [4.69, 9.17) is 4.74 Å².